The molecule has 3 rings (SSSR count). The first kappa shape index (κ1) is 16.7. The van der Waals surface area contributed by atoms with Gasteiger partial charge in [-0.1, -0.05) is 42.4 Å². The van der Waals surface area contributed by atoms with Gasteiger partial charge in [0.15, 0.2) is 0 Å². The van der Waals surface area contributed by atoms with E-state index in [0.717, 1.165) is 27.9 Å². The Morgan fingerprint density at radius 2 is 1.83 bits per heavy atom. The molecule has 0 aliphatic rings. The predicted molar refractivity (Wildman–Crippen MR) is 99.0 cm³/mol. The van der Waals surface area contributed by atoms with Crippen LogP contribution in [0.15, 0.2) is 52.3 Å². The van der Waals surface area contributed by atoms with E-state index in [-0.39, 0.29) is 6.54 Å². The second kappa shape index (κ2) is 6.73. The van der Waals surface area contributed by atoms with Gasteiger partial charge in [0, 0.05) is 26.4 Å². The van der Waals surface area contributed by atoms with Crippen molar-refractivity contribution in [2.24, 2.45) is 0 Å². The van der Waals surface area contributed by atoms with Gasteiger partial charge in [-0.2, -0.15) is 0 Å². The number of fused-ring (bicyclic) bond motifs is 1. The van der Waals surface area contributed by atoms with Crippen molar-refractivity contribution in [3.63, 3.8) is 0 Å². The normalized spacial score (nSPS) is 11.1. The Balaban J connectivity index is 2.09. The molecule has 1 aromatic heterocycles. The summed E-state index contributed by atoms with van der Waals surface area (Å²) in [6.07, 6.45) is 1.03. The van der Waals surface area contributed by atoms with E-state index in [1.54, 1.807) is 11.8 Å². The fourth-order valence-corrected chi connectivity index (χ4v) is 3.98. The molecule has 0 atom stereocenters. The molecule has 0 radical (unpaired) electrons. The number of nitrogens with zero attached hydrogens (tertiary/aromatic N) is 1. The maximum atomic E-state index is 11.2. The van der Waals surface area contributed by atoms with Gasteiger partial charge < -0.3 is 9.67 Å². The van der Waals surface area contributed by atoms with Gasteiger partial charge in [0.25, 0.3) is 0 Å². The fraction of sp³-hybridized carbons (Fsp3) is 0.250. The molecule has 0 fully saturated rings. The summed E-state index contributed by atoms with van der Waals surface area (Å²) in [6, 6.07) is 14.8. The first-order valence-electron chi connectivity index (χ1n) is 8.07. The largest absolute Gasteiger partial charge is 0.480 e. The Hall–Kier alpha value is -2.20. The van der Waals surface area contributed by atoms with Crippen molar-refractivity contribution >= 4 is 28.6 Å². The molecule has 1 heterocycles. The monoisotopic (exact) mass is 339 g/mol. The van der Waals surface area contributed by atoms with E-state index < -0.39 is 5.97 Å². The molecule has 1 N–H and O–H groups in total. The number of aliphatic carboxylic acids is 1. The van der Waals surface area contributed by atoms with Crippen LogP contribution in [0.2, 0.25) is 0 Å². The minimum Gasteiger partial charge on any atom is -0.480 e. The molecule has 0 aliphatic carbocycles. The van der Waals surface area contributed by atoms with Crippen LogP contribution in [-0.2, 0) is 17.8 Å². The number of carboxylic acids is 1. The summed E-state index contributed by atoms with van der Waals surface area (Å²) >= 11 is 1.71. The smallest absolute Gasteiger partial charge is 0.323 e. The summed E-state index contributed by atoms with van der Waals surface area (Å²) in [7, 11) is 0. The number of hydrogen-bond donors (Lipinski definition) is 1. The van der Waals surface area contributed by atoms with E-state index in [1.807, 2.05) is 23.6 Å². The standard InChI is InChI=1S/C20H21NO2S/c1-4-15-6-8-16(9-7-15)24-20-14(3)21(12-19(22)23)18-10-5-13(2)11-17(18)20/h5-11H,4,12H2,1-3H3,(H,22,23). The van der Waals surface area contributed by atoms with Crippen molar-refractivity contribution < 1.29 is 9.90 Å². The molecule has 0 unspecified atom stereocenters. The topological polar surface area (TPSA) is 42.2 Å². The van der Waals surface area contributed by atoms with Crippen LogP contribution in [0.25, 0.3) is 10.9 Å². The number of rotatable bonds is 5. The minimum absolute atomic E-state index is 0.0132. The lowest BCUT2D eigenvalue weighted by molar-refractivity contribution is -0.137. The van der Waals surface area contributed by atoms with E-state index in [1.165, 1.54) is 16.0 Å². The zero-order valence-electron chi connectivity index (χ0n) is 14.2. The number of benzene rings is 2. The Kier molecular flexibility index (Phi) is 4.67. The van der Waals surface area contributed by atoms with Crippen molar-refractivity contribution in [1.82, 2.24) is 4.57 Å². The Morgan fingerprint density at radius 1 is 1.12 bits per heavy atom. The maximum absolute atomic E-state index is 11.2. The highest BCUT2D eigenvalue weighted by Gasteiger charge is 2.17. The summed E-state index contributed by atoms with van der Waals surface area (Å²) in [4.78, 5) is 13.6. The summed E-state index contributed by atoms with van der Waals surface area (Å²) in [6.45, 7) is 6.20. The average molecular weight is 339 g/mol. The molecule has 0 aliphatic heterocycles. The van der Waals surface area contributed by atoms with Crippen LogP contribution >= 0.6 is 11.8 Å². The van der Waals surface area contributed by atoms with Gasteiger partial charge >= 0.3 is 5.97 Å². The molecular weight excluding hydrogens is 318 g/mol. The van der Waals surface area contributed by atoms with Crippen molar-refractivity contribution in [1.29, 1.82) is 0 Å². The predicted octanol–water partition coefficient (Wildman–Crippen LogP) is 5.06. The van der Waals surface area contributed by atoms with Crippen molar-refractivity contribution in [2.75, 3.05) is 0 Å². The van der Waals surface area contributed by atoms with Gasteiger partial charge in [0.2, 0.25) is 0 Å². The zero-order chi connectivity index (χ0) is 17.3. The quantitative estimate of drug-likeness (QED) is 0.707. The van der Waals surface area contributed by atoms with Crippen molar-refractivity contribution in [3.8, 4) is 0 Å². The summed E-state index contributed by atoms with van der Waals surface area (Å²) in [5.74, 6) is -0.820. The van der Waals surface area contributed by atoms with Crippen LogP contribution in [-0.4, -0.2) is 15.6 Å². The molecule has 0 spiro atoms. The average Bonchev–Trinajstić information content (AvgIpc) is 2.80. The molecule has 0 saturated heterocycles. The van der Waals surface area contributed by atoms with E-state index >= 15 is 0 Å². The lowest BCUT2D eigenvalue weighted by Crippen LogP contribution is -2.09. The van der Waals surface area contributed by atoms with Crippen LogP contribution in [0, 0.1) is 13.8 Å². The lowest BCUT2D eigenvalue weighted by Gasteiger charge is -2.06. The minimum atomic E-state index is -0.820. The SMILES string of the molecule is CCc1ccc(Sc2c(C)n(CC(=O)O)c3ccc(C)cc23)cc1. The third kappa shape index (κ3) is 3.20. The number of hydrogen-bond acceptors (Lipinski definition) is 2. The highest BCUT2D eigenvalue weighted by Crippen LogP contribution is 2.38. The van der Waals surface area contributed by atoms with E-state index in [9.17, 15) is 9.90 Å². The highest BCUT2D eigenvalue weighted by atomic mass is 32.2. The molecule has 2 aromatic carbocycles. The molecule has 0 bridgehead atoms. The second-order valence-corrected chi connectivity index (χ2v) is 7.10. The van der Waals surface area contributed by atoms with Crippen LogP contribution < -0.4 is 0 Å². The number of carbonyl (C=O) groups is 1. The second-order valence-electron chi connectivity index (χ2n) is 6.01. The van der Waals surface area contributed by atoms with Crippen LogP contribution in [0.4, 0.5) is 0 Å². The zero-order valence-corrected chi connectivity index (χ0v) is 15.0. The van der Waals surface area contributed by atoms with E-state index in [2.05, 4.69) is 44.2 Å². The highest BCUT2D eigenvalue weighted by molar-refractivity contribution is 7.99. The van der Waals surface area contributed by atoms with E-state index in [4.69, 9.17) is 0 Å². The molecule has 0 amide bonds. The third-order valence-electron chi connectivity index (χ3n) is 4.27. The Labute approximate surface area is 146 Å². The Bertz CT molecular complexity index is 894. The summed E-state index contributed by atoms with van der Waals surface area (Å²) < 4.78 is 1.89. The maximum Gasteiger partial charge on any atom is 0.323 e. The van der Waals surface area contributed by atoms with Gasteiger partial charge in [-0.3, -0.25) is 4.79 Å². The third-order valence-corrected chi connectivity index (χ3v) is 5.49. The lowest BCUT2D eigenvalue weighted by atomic mass is 10.2. The van der Waals surface area contributed by atoms with Gasteiger partial charge in [0.05, 0.1) is 0 Å². The molecule has 3 aromatic rings. The summed E-state index contributed by atoms with van der Waals surface area (Å²) in [5, 5.41) is 10.4. The van der Waals surface area contributed by atoms with Gasteiger partial charge in [-0.05, 0) is 50.1 Å². The van der Waals surface area contributed by atoms with Crippen LogP contribution in [0.1, 0.15) is 23.7 Å². The Morgan fingerprint density at radius 3 is 2.46 bits per heavy atom. The fourth-order valence-electron chi connectivity index (χ4n) is 2.94. The van der Waals surface area contributed by atoms with Crippen LogP contribution in [0.3, 0.4) is 0 Å². The molecule has 4 heteroatoms. The molecule has 3 nitrogen and oxygen atoms in total. The summed E-state index contributed by atoms with van der Waals surface area (Å²) in [5.41, 5.74) is 4.48. The first-order valence-corrected chi connectivity index (χ1v) is 8.89. The molecule has 124 valence electrons. The van der Waals surface area contributed by atoms with Crippen LogP contribution in [0.5, 0.6) is 0 Å². The molecule has 0 saturated carbocycles. The van der Waals surface area contributed by atoms with Crippen molar-refractivity contribution in [3.05, 3.63) is 59.3 Å². The first-order chi connectivity index (χ1) is 11.5. The van der Waals surface area contributed by atoms with Gasteiger partial charge in [0.1, 0.15) is 6.54 Å². The number of aromatic nitrogens is 1. The number of aryl methyl sites for hydroxylation is 2. The van der Waals surface area contributed by atoms with Gasteiger partial charge in [-0.15, -0.1) is 0 Å². The van der Waals surface area contributed by atoms with Crippen molar-refractivity contribution in [2.45, 2.75) is 43.5 Å². The van der Waals surface area contributed by atoms with E-state index in [0.29, 0.717) is 0 Å². The van der Waals surface area contributed by atoms with Gasteiger partial charge in [-0.25, -0.2) is 0 Å². The number of carboxylic acid groups (broad SMARTS) is 1. The molecular formula is C20H21NO2S. The molecule has 24 heavy (non-hydrogen) atoms.